The van der Waals surface area contributed by atoms with E-state index < -0.39 is 0 Å². The first kappa shape index (κ1) is 14.7. The molecule has 0 saturated heterocycles. The maximum atomic E-state index is 8.90. The molecule has 0 aliphatic heterocycles. The summed E-state index contributed by atoms with van der Waals surface area (Å²) in [7, 11) is 1.92. The Bertz CT molecular complexity index is 641. The van der Waals surface area contributed by atoms with E-state index in [1.807, 2.05) is 36.2 Å². The van der Waals surface area contributed by atoms with Gasteiger partial charge in [0.05, 0.1) is 29.6 Å². The summed E-state index contributed by atoms with van der Waals surface area (Å²) < 4.78 is 0. The zero-order valence-electron chi connectivity index (χ0n) is 11.8. The van der Waals surface area contributed by atoms with Crippen molar-refractivity contribution in [3.05, 3.63) is 54.1 Å². The minimum absolute atomic E-state index is 0.122. The number of benzene rings is 2. The molecule has 5 heteroatoms. The molecule has 0 aromatic heterocycles. The van der Waals surface area contributed by atoms with Gasteiger partial charge in [-0.2, -0.15) is 15.5 Å². The topological polar surface area (TPSA) is 72.0 Å². The number of rotatable bonds is 5. The minimum atomic E-state index is 0.122. The molecule has 0 atom stereocenters. The number of nitrogens with zero attached hydrogens (tertiary/aromatic N) is 4. The zero-order chi connectivity index (χ0) is 15.1. The fourth-order valence-corrected chi connectivity index (χ4v) is 1.77. The van der Waals surface area contributed by atoms with Crippen molar-refractivity contribution in [2.75, 3.05) is 25.1 Å². The highest BCUT2D eigenvalue weighted by Gasteiger charge is 1.99. The van der Waals surface area contributed by atoms with Crippen LogP contribution in [0, 0.1) is 11.3 Å². The van der Waals surface area contributed by atoms with Gasteiger partial charge in [0, 0.05) is 19.3 Å². The molecule has 0 unspecified atom stereocenters. The molecule has 2 rings (SSSR count). The van der Waals surface area contributed by atoms with Crippen LogP contribution in [0.3, 0.4) is 0 Å². The standard InChI is InChI=1S/C16H16N4O/c1-20(10-11-21)16-8-6-15(7-9-16)19-18-14-4-2-13(12-17)3-5-14/h2-9,21H,10-11H2,1H3. The molecule has 0 aliphatic carbocycles. The van der Waals surface area contributed by atoms with Crippen molar-refractivity contribution in [1.82, 2.24) is 0 Å². The number of nitriles is 1. The van der Waals surface area contributed by atoms with Crippen molar-refractivity contribution in [3.63, 3.8) is 0 Å². The molecular weight excluding hydrogens is 264 g/mol. The van der Waals surface area contributed by atoms with Crippen molar-refractivity contribution >= 4 is 17.1 Å². The fraction of sp³-hybridized carbons (Fsp3) is 0.188. The van der Waals surface area contributed by atoms with Crippen LogP contribution < -0.4 is 4.90 Å². The number of anilines is 1. The third kappa shape index (κ3) is 4.13. The molecule has 0 radical (unpaired) electrons. The predicted molar refractivity (Wildman–Crippen MR) is 82.1 cm³/mol. The number of hydrogen-bond donors (Lipinski definition) is 1. The van der Waals surface area contributed by atoms with Crippen LogP contribution in [0.4, 0.5) is 17.1 Å². The summed E-state index contributed by atoms with van der Waals surface area (Å²) in [5, 5.41) is 25.9. The first-order valence-corrected chi connectivity index (χ1v) is 6.57. The molecule has 0 heterocycles. The van der Waals surface area contributed by atoms with Crippen LogP contribution in [0.5, 0.6) is 0 Å². The Morgan fingerprint density at radius 1 is 1.00 bits per heavy atom. The fourth-order valence-electron chi connectivity index (χ4n) is 1.77. The number of azo groups is 1. The van der Waals surface area contributed by atoms with Crippen LogP contribution in [0.2, 0.25) is 0 Å². The van der Waals surface area contributed by atoms with E-state index in [4.69, 9.17) is 10.4 Å². The smallest absolute Gasteiger partial charge is 0.0991 e. The first-order chi connectivity index (χ1) is 10.2. The molecule has 0 bridgehead atoms. The lowest BCUT2D eigenvalue weighted by atomic mass is 10.2. The van der Waals surface area contributed by atoms with Crippen molar-refractivity contribution in [2.24, 2.45) is 10.2 Å². The second kappa shape index (κ2) is 7.17. The summed E-state index contributed by atoms with van der Waals surface area (Å²) in [4.78, 5) is 1.96. The Morgan fingerprint density at radius 3 is 2.00 bits per heavy atom. The van der Waals surface area contributed by atoms with E-state index in [1.54, 1.807) is 24.3 Å². The highest BCUT2D eigenvalue weighted by molar-refractivity contribution is 5.52. The molecule has 21 heavy (non-hydrogen) atoms. The number of aliphatic hydroxyl groups excluding tert-OH is 1. The minimum Gasteiger partial charge on any atom is -0.395 e. The Kier molecular flexibility index (Phi) is 5.02. The molecule has 0 saturated carbocycles. The molecule has 2 aromatic carbocycles. The summed E-state index contributed by atoms with van der Waals surface area (Å²) >= 11 is 0. The molecular formula is C16H16N4O. The number of aliphatic hydroxyl groups is 1. The van der Waals surface area contributed by atoms with E-state index in [-0.39, 0.29) is 6.61 Å². The van der Waals surface area contributed by atoms with Crippen molar-refractivity contribution < 1.29 is 5.11 Å². The lowest BCUT2D eigenvalue weighted by Crippen LogP contribution is -2.20. The first-order valence-electron chi connectivity index (χ1n) is 6.57. The second-order valence-corrected chi connectivity index (χ2v) is 4.52. The van der Waals surface area contributed by atoms with Gasteiger partial charge in [0.1, 0.15) is 0 Å². The van der Waals surface area contributed by atoms with Crippen LogP contribution in [0.25, 0.3) is 0 Å². The van der Waals surface area contributed by atoms with Crippen LogP contribution in [0.15, 0.2) is 58.8 Å². The molecule has 0 amide bonds. The molecule has 5 nitrogen and oxygen atoms in total. The number of likely N-dealkylation sites (N-methyl/N-ethyl adjacent to an activating group) is 1. The Balaban J connectivity index is 2.05. The highest BCUT2D eigenvalue weighted by atomic mass is 16.3. The summed E-state index contributed by atoms with van der Waals surface area (Å²) in [6, 6.07) is 16.6. The van der Waals surface area contributed by atoms with E-state index in [0.29, 0.717) is 17.8 Å². The van der Waals surface area contributed by atoms with Crippen molar-refractivity contribution in [3.8, 4) is 6.07 Å². The zero-order valence-corrected chi connectivity index (χ0v) is 11.8. The van der Waals surface area contributed by atoms with E-state index in [0.717, 1.165) is 11.4 Å². The third-order valence-corrected chi connectivity index (χ3v) is 3.00. The molecule has 1 N–H and O–H groups in total. The summed E-state index contributed by atoms with van der Waals surface area (Å²) in [5.74, 6) is 0. The Labute approximate surface area is 123 Å². The largest absolute Gasteiger partial charge is 0.395 e. The highest BCUT2D eigenvalue weighted by Crippen LogP contribution is 2.21. The quantitative estimate of drug-likeness (QED) is 0.853. The SMILES string of the molecule is CN(CCO)c1ccc(N=Nc2ccc(C#N)cc2)cc1. The van der Waals surface area contributed by atoms with Crippen LogP contribution in [-0.2, 0) is 0 Å². The van der Waals surface area contributed by atoms with Gasteiger partial charge in [-0.3, -0.25) is 0 Å². The van der Waals surface area contributed by atoms with E-state index in [9.17, 15) is 0 Å². The van der Waals surface area contributed by atoms with Crippen LogP contribution in [0.1, 0.15) is 5.56 Å². The van der Waals surface area contributed by atoms with Gasteiger partial charge in [-0.15, -0.1) is 0 Å². The van der Waals surface area contributed by atoms with Gasteiger partial charge in [0.15, 0.2) is 0 Å². The van der Waals surface area contributed by atoms with E-state index in [2.05, 4.69) is 16.3 Å². The molecule has 0 spiro atoms. The molecule has 2 aromatic rings. The van der Waals surface area contributed by atoms with Crippen LogP contribution in [-0.4, -0.2) is 25.3 Å². The molecule has 0 aliphatic rings. The average Bonchev–Trinajstić information content (AvgIpc) is 2.54. The molecule has 0 fully saturated rings. The van der Waals surface area contributed by atoms with Gasteiger partial charge in [-0.05, 0) is 48.5 Å². The van der Waals surface area contributed by atoms with Gasteiger partial charge < -0.3 is 10.0 Å². The maximum absolute atomic E-state index is 8.90. The summed E-state index contributed by atoms with van der Waals surface area (Å²) in [6.45, 7) is 0.711. The van der Waals surface area contributed by atoms with Gasteiger partial charge in [0.25, 0.3) is 0 Å². The van der Waals surface area contributed by atoms with Crippen molar-refractivity contribution in [1.29, 1.82) is 5.26 Å². The van der Waals surface area contributed by atoms with Gasteiger partial charge >= 0.3 is 0 Å². The second-order valence-electron chi connectivity index (χ2n) is 4.52. The third-order valence-electron chi connectivity index (χ3n) is 3.00. The van der Waals surface area contributed by atoms with Crippen LogP contribution >= 0.6 is 0 Å². The maximum Gasteiger partial charge on any atom is 0.0991 e. The van der Waals surface area contributed by atoms with Gasteiger partial charge in [0.2, 0.25) is 0 Å². The predicted octanol–water partition coefficient (Wildman–Crippen LogP) is 3.40. The summed E-state index contributed by atoms with van der Waals surface area (Å²) in [6.07, 6.45) is 0. The Hall–Kier alpha value is -2.71. The Morgan fingerprint density at radius 2 is 1.52 bits per heavy atom. The van der Waals surface area contributed by atoms with E-state index in [1.165, 1.54) is 0 Å². The van der Waals surface area contributed by atoms with Gasteiger partial charge in [-0.25, -0.2) is 0 Å². The van der Waals surface area contributed by atoms with Crippen molar-refractivity contribution in [2.45, 2.75) is 0 Å². The monoisotopic (exact) mass is 280 g/mol. The number of hydrogen-bond acceptors (Lipinski definition) is 5. The molecule has 106 valence electrons. The normalized spacial score (nSPS) is 10.5. The van der Waals surface area contributed by atoms with E-state index >= 15 is 0 Å². The lowest BCUT2D eigenvalue weighted by molar-refractivity contribution is 0.304. The average molecular weight is 280 g/mol. The lowest BCUT2D eigenvalue weighted by Gasteiger charge is -2.17. The van der Waals surface area contributed by atoms with Gasteiger partial charge in [-0.1, -0.05) is 0 Å². The summed E-state index contributed by atoms with van der Waals surface area (Å²) in [5.41, 5.74) is 3.07.